The van der Waals surface area contributed by atoms with Gasteiger partial charge in [0, 0.05) is 25.0 Å². The van der Waals surface area contributed by atoms with Gasteiger partial charge >= 0.3 is 0 Å². The van der Waals surface area contributed by atoms with Gasteiger partial charge in [-0.2, -0.15) is 0 Å². The van der Waals surface area contributed by atoms with Crippen molar-refractivity contribution in [3.05, 3.63) is 18.1 Å². The Morgan fingerprint density at radius 1 is 1.45 bits per heavy atom. The monoisotopic (exact) mass is 305 g/mol. The molecule has 120 valence electrons. The van der Waals surface area contributed by atoms with E-state index in [1.54, 1.807) is 12.4 Å². The molecule has 6 heteroatoms. The van der Waals surface area contributed by atoms with Crippen LogP contribution in [0.2, 0.25) is 0 Å². The predicted molar refractivity (Wildman–Crippen MR) is 80.5 cm³/mol. The number of nitrogens with zero attached hydrogens (tertiary/aromatic N) is 3. The van der Waals surface area contributed by atoms with Crippen LogP contribution in [0.15, 0.2) is 12.4 Å². The van der Waals surface area contributed by atoms with Crippen molar-refractivity contribution in [3.63, 3.8) is 0 Å². The van der Waals surface area contributed by atoms with Crippen LogP contribution in [-0.2, 0) is 9.53 Å². The van der Waals surface area contributed by atoms with E-state index in [0.717, 1.165) is 18.5 Å². The Balaban J connectivity index is 1.58. The highest BCUT2D eigenvalue weighted by atomic mass is 16.5. The molecule has 1 aromatic heterocycles. The fourth-order valence-corrected chi connectivity index (χ4v) is 3.14. The highest BCUT2D eigenvalue weighted by Gasteiger charge is 2.50. The quantitative estimate of drug-likeness (QED) is 0.848. The zero-order valence-corrected chi connectivity index (χ0v) is 13.4. The number of aryl methyl sites for hydroxylation is 1. The molecule has 6 nitrogen and oxygen atoms in total. The van der Waals surface area contributed by atoms with E-state index in [-0.39, 0.29) is 23.5 Å². The Morgan fingerprint density at radius 3 is 2.91 bits per heavy atom. The largest absolute Gasteiger partial charge is 0.473 e. The highest BCUT2D eigenvalue weighted by Crippen LogP contribution is 2.36. The summed E-state index contributed by atoms with van der Waals surface area (Å²) in [6.45, 7) is 7.75. The van der Waals surface area contributed by atoms with Crippen molar-refractivity contribution in [1.82, 2.24) is 14.9 Å². The maximum Gasteiger partial charge on any atom is 0.232 e. The van der Waals surface area contributed by atoms with Crippen LogP contribution < -0.4 is 4.74 Å². The zero-order valence-electron chi connectivity index (χ0n) is 13.4. The average Bonchev–Trinajstić information content (AvgIpc) is 2.44. The molecule has 3 rings (SSSR count). The maximum absolute atomic E-state index is 12.0. The number of likely N-dealkylation sites (tertiary alicyclic amines) is 1. The number of hydrogen-bond donors (Lipinski definition) is 0. The van der Waals surface area contributed by atoms with Gasteiger partial charge in [-0.05, 0) is 6.92 Å². The van der Waals surface area contributed by atoms with Crippen molar-refractivity contribution in [2.45, 2.75) is 45.3 Å². The first-order valence-corrected chi connectivity index (χ1v) is 7.85. The first kappa shape index (κ1) is 15.2. The van der Waals surface area contributed by atoms with Crippen LogP contribution in [0.1, 0.15) is 32.4 Å². The number of amides is 1. The topological polar surface area (TPSA) is 64.6 Å². The van der Waals surface area contributed by atoms with Crippen molar-refractivity contribution < 1.29 is 14.3 Å². The molecule has 1 aromatic rings. The molecule has 0 aromatic carbocycles. The number of carbonyl (C=O) groups excluding carboxylic acids is 1. The summed E-state index contributed by atoms with van der Waals surface area (Å²) in [6.07, 6.45) is 5.06. The lowest BCUT2D eigenvalue weighted by Gasteiger charge is -2.53. The average molecular weight is 305 g/mol. The Kier molecular flexibility index (Phi) is 4.04. The van der Waals surface area contributed by atoms with Gasteiger partial charge in [-0.1, -0.05) is 13.8 Å². The minimum atomic E-state index is -0.231. The Bertz CT molecular complexity index is 555. The second-order valence-electron chi connectivity index (χ2n) is 6.61. The third-order valence-corrected chi connectivity index (χ3v) is 4.23. The minimum Gasteiger partial charge on any atom is -0.473 e. The standard InChI is InChI=1S/C16H23N3O3/c1-11(2)15(20)19-9-16(10-19)6-13(4-5-21-16)22-14-8-17-7-12(3)18-14/h7-8,11,13H,4-6,9-10H2,1-3H3. The molecule has 3 heterocycles. The Labute approximate surface area is 130 Å². The lowest BCUT2D eigenvalue weighted by atomic mass is 9.84. The number of hydrogen-bond acceptors (Lipinski definition) is 5. The number of carbonyl (C=O) groups is 1. The summed E-state index contributed by atoms with van der Waals surface area (Å²) in [5.41, 5.74) is 0.613. The van der Waals surface area contributed by atoms with Gasteiger partial charge in [0.15, 0.2) is 0 Å². The normalized spacial score (nSPS) is 23.5. The van der Waals surface area contributed by atoms with E-state index in [9.17, 15) is 4.79 Å². The van der Waals surface area contributed by atoms with Crippen molar-refractivity contribution in [2.24, 2.45) is 5.92 Å². The van der Waals surface area contributed by atoms with Crippen LogP contribution in [0.3, 0.4) is 0 Å². The smallest absolute Gasteiger partial charge is 0.232 e. The first-order valence-electron chi connectivity index (χ1n) is 7.85. The summed E-state index contributed by atoms with van der Waals surface area (Å²) in [4.78, 5) is 22.3. The molecule has 1 amide bonds. The van der Waals surface area contributed by atoms with E-state index >= 15 is 0 Å². The SMILES string of the molecule is Cc1cncc(OC2CCOC3(C2)CN(C(=O)C(C)C)C3)n1. The Hall–Kier alpha value is -1.69. The lowest BCUT2D eigenvalue weighted by Crippen LogP contribution is -2.68. The van der Waals surface area contributed by atoms with Crippen LogP contribution in [0, 0.1) is 12.8 Å². The second-order valence-corrected chi connectivity index (χ2v) is 6.61. The maximum atomic E-state index is 12.0. The van der Waals surface area contributed by atoms with Crippen molar-refractivity contribution in [1.29, 1.82) is 0 Å². The molecule has 0 N–H and O–H groups in total. The van der Waals surface area contributed by atoms with Crippen molar-refractivity contribution in [2.75, 3.05) is 19.7 Å². The van der Waals surface area contributed by atoms with Gasteiger partial charge in [0.25, 0.3) is 0 Å². The molecule has 22 heavy (non-hydrogen) atoms. The van der Waals surface area contributed by atoms with Gasteiger partial charge in [0.05, 0.1) is 31.6 Å². The third-order valence-electron chi connectivity index (χ3n) is 4.23. The molecule has 0 radical (unpaired) electrons. The number of aromatic nitrogens is 2. The van der Waals surface area contributed by atoms with Crippen LogP contribution in [0.4, 0.5) is 0 Å². The van der Waals surface area contributed by atoms with Gasteiger partial charge < -0.3 is 14.4 Å². The highest BCUT2D eigenvalue weighted by molar-refractivity contribution is 5.79. The third kappa shape index (κ3) is 3.06. The summed E-state index contributed by atoms with van der Waals surface area (Å²) in [5, 5.41) is 0. The minimum absolute atomic E-state index is 0.0376. The summed E-state index contributed by atoms with van der Waals surface area (Å²) < 4.78 is 11.9. The van der Waals surface area contributed by atoms with Gasteiger partial charge in [-0.15, -0.1) is 0 Å². The van der Waals surface area contributed by atoms with Crippen molar-refractivity contribution >= 4 is 5.91 Å². The molecule has 0 saturated carbocycles. The number of ether oxygens (including phenoxy) is 2. The lowest BCUT2D eigenvalue weighted by molar-refractivity contribution is -0.195. The first-order chi connectivity index (χ1) is 10.5. The molecule has 2 aliphatic rings. The fourth-order valence-electron chi connectivity index (χ4n) is 3.14. The number of rotatable bonds is 3. The summed E-state index contributed by atoms with van der Waals surface area (Å²) in [6, 6.07) is 0. The van der Waals surface area contributed by atoms with E-state index in [1.807, 2.05) is 25.7 Å². The summed E-state index contributed by atoms with van der Waals surface area (Å²) in [5.74, 6) is 0.800. The predicted octanol–water partition coefficient (Wildman–Crippen LogP) is 1.58. The molecular weight excluding hydrogens is 282 g/mol. The van der Waals surface area contributed by atoms with E-state index in [0.29, 0.717) is 25.6 Å². The second kappa shape index (κ2) is 5.83. The van der Waals surface area contributed by atoms with E-state index in [1.165, 1.54) is 0 Å². The van der Waals surface area contributed by atoms with Gasteiger partial charge in [0.2, 0.25) is 11.8 Å². The van der Waals surface area contributed by atoms with Crippen molar-refractivity contribution in [3.8, 4) is 5.88 Å². The van der Waals surface area contributed by atoms with Crippen LogP contribution in [0.25, 0.3) is 0 Å². The zero-order chi connectivity index (χ0) is 15.7. The fraction of sp³-hybridized carbons (Fsp3) is 0.688. The van der Waals surface area contributed by atoms with E-state index in [4.69, 9.17) is 9.47 Å². The van der Waals surface area contributed by atoms with Crippen LogP contribution in [0.5, 0.6) is 5.88 Å². The molecule has 1 unspecified atom stereocenters. The summed E-state index contributed by atoms with van der Waals surface area (Å²) >= 11 is 0. The Morgan fingerprint density at radius 2 is 2.23 bits per heavy atom. The molecule has 0 bridgehead atoms. The van der Waals surface area contributed by atoms with E-state index in [2.05, 4.69) is 9.97 Å². The molecule has 0 aliphatic carbocycles. The molecule has 2 fully saturated rings. The van der Waals surface area contributed by atoms with Crippen LogP contribution in [-0.4, -0.2) is 52.2 Å². The van der Waals surface area contributed by atoms with Gasteiger partial charge in [-0.3, -0.25) is 9.78 Å². The molecule has 1 atom stereocenters. The molecule has 2 saturated heterocycles. The van der Waals surface area contributed by atoms with Crippen LogP contribution >= 0.6 is 0 Å². The summed E-state index contributed by atoms with van der Waals surface area (Å²) in [7, 11) is 0. The molecular formula is C16H23N3O3. The molecule has 2 aliphatic heterocycles. The van der Waals surface area contributed by atoms with Gasteiger partial charge in [-0.25, -0.2) is 4.98 Å². The molecule has 1 spiro atoms. The van der Waals surface area contributed by atoms with E-state index < -0.39 is 0 Å². The van der Waals surface area contributed by atoms with Gasteiger partial charge in [0.1, 0.15) is 11.7 Å².